The summed E-state index contributed by atoms with van der Waals surface area (Å²) in [7, 11) is 0. The summed E-state index contributed by atoms with van der Waals surface area (Å²) in [6.45, 7) is 3.75. The smallest absolute Gasteiger partial charge is 0.291 e. The number of likely N-dealkylation sites (tertiary alicyclic amines) is 1. The highest BCUT2D eigenvalue weighted by Crippen LogP contribution is 2.35. The van der Waals surface area contributed by atoms with Crippen LogP contribution in [0.25, 0.3) is 11.3 Å². The summed E-state index contributed by atoms with van der Waals surface area (Å²) in [5, 5.41) is 13.9. The lowest BCUT2D eigenvalue weighted by Crippen LogP contribution is -2.49. The number of imidazole rings is 1. The van der Waals surface area contributed by atoms with E-state index in [2.05, 4.69) is 25.3 Å². The van der Waals surface area contributed by atoms with Gasteiger partial charge in [0.05, 0.1) is 29.0 Å². The topological polar surface area (TPSA) is 127 Å². The maximum atomic E-state index is 15.2. The summed E-state index contributed by atoms with van der Waals surface area (Å²) in [6.07, 6.45) is 6.94. The third kappa shape index (κ3) is 5.98. The van der Waals surface area contributed by atoms with Gasteiger partial charge in [-0.05, 0) is 69.0 Å². The zero-order valence-corrected chi connectivity index (χ0v) is 24.0. The fourth-order valence-corrected chi connectivity index (χ4v) is 6.01. The molecule has 222 valence electrons. The molecule has 0 atom stereocenters. The SMILES string of the molecule is Cc1cc(-c2cnc(C(=O)Nc3cccc(F)c3N3CCC(C(=O)N4CCC(O)(c5ccccn5)CC4)CC3)[nH]2)ccn1. The van der Waals surface area contributed by atoms with Crippen molar-refractivity contribution in [3.63, 3.8) is 0 Å². The number of pyridine rings is 2. The first-order chi connectivity index (χ1) is 20.8. The maximum Gasteiger partial charge on any atom is 0.291 e. The van der Waals surface area contributed by atoms with E-state index in [9.17, 15) is 14.7 Å². The summed E-state index contributed by atoms with van der Waals surface area (Å²) in [5.41, 5.74) is 2.64. The van der Waals surface area contributed by atoms with Crippen molar-refractivity contribution in [1.82, 2.24) is 24.8 Å². The molecular weight excluding hydrogens is 549 g/mol. The van der Waals surface area contributed by atoms with E-state index in [0.29, 0.717) is 74.6 Å². The number of carbonyl (C=O) groups excluding carboxylic acids is 2. The van der Waals surface area contributed by atoms with Crippen LogP contribution in [-0.2, 0) is 10.4 Å². The fraction of sp³-hybridized carbons (Fsp3) is 0.344. The summed E-state index contributed by atoms with van der Waals surface area (Å²) in [5.74, 6) is -0.923. The predicted octanol–water partition coefficient (Wildman–Crippen LogP) is 4.29. The van der Waals surface area contributed by atoms with Crippen LogP contribution in [0.4, 0.5) is 15.8 Å². The van der Waals surface area contributed by atoms with Crippen LogP contribution in [0.15, 0.2) is 67.1 Å². The van der Waals surface area contributed by atoms with E-state index in [1.54, 1.807) is 30.7 Å². The van der Waals surface area contributed by atoms with Crippen molar-refractivity contribution in [2.45, 2.75) is 38.2 Å². The molecule has 3 aromatic heterocycles. The summed E-state index contributed by atoms with van der Waals surface area (Å²) < 4.78 is 15.2. The lowest BCUT2D eigenvalue weighted by atomic mass is 9.86. The van der Waals surface area contributed by atoms with E-state index >= 15 is 4.39 Å². The number of carbonyl (C=O) groups is 2. The Morgan fingerprint density at radius 2 is 1.79 bits per heavy atom. The maximum absolute atomic E-state index is 15.2. The predicted molar refractivity (Wildman–Crippen MR) is 160 cm³/mol. The monoisotopic (exact) mass is 583 g/mol. The molecule has 4 aromatic rings. The molecule has 10 nitrogen and oxygen atoms in total. The molecule has 3 N–H and O–H groups in total. The number of hydrogen-bond donors (Lipinski definition) is 3. The van der Waals surface area contributed by atoms with Gasteiger partial charge in [0.1, 0.15) is 11.4 Å². The Hall–Kier alpha value is -4.64. The normalized spacial score (nSPS) is 17.1. The number of para-hydroxylation sites is 1. The highest BCUT2D eigenvalue weighted by molar-refractivity contribution is 6.04. The second-order valence-corrected chi connectivity index (χ2v) is 11.3. The Bertz CT molecular complexity index is 1610. The molecule has 2 aliphatic rings. The Labute approximate surface area is 249 Å². The van der Waals surface area contributed by atoms with Gasteiger partial charge in [0.2, 0.25) is 5.91 Å². The molecule has 2 saturated heterocycles. The Kier molecular flexibility index (Phi) is 7.90. The number of hydrogen-bond acceptors (Lipinski definition) is 7. The van der Waals surface area contributed by atoms with E-state index in [0.717, 1.165) is 11.3 Å². The van der Waals surface area contributed by atoms with E-state index in [-0.39, 0.29) is 17.6 Å². The van der Waals surface area contributed by atoms with Crippen LogP contribution in [0.5, 0.6) is 0 Å². The molecule has 0 bridgehead atoms. The molecule has 2 fully saturated rings. The third-order valence-corrected chi connectivity index (χ3v) is 8.44. The Morgan fingerprint density at radius 1 is 1.00 bits per heavy atom. The largest absolute Gasteiger partial charge is 0.383 e. The number of nitrogens with zero attached hydrogens (tertiary/aromatic N) is 5. The average molecular weight is 584 g/mol. The number of piperidine rings is 2. The van der Waals surface area contributed by atoms with Crippen molar-refractivity contribution in [1.29, 1.82) is 0 Å². The highest BCUT2D eigenvalue weighted by atomic mass is 19.1. The average Bonchev–Trinajstić information content (AvgIpc) is 3.53. The van der Waals surface area contributed by atoms with Crippen LogP contribution in [0.2, 0.25) is 0 Å². The third-order valence-electron chi connectivity index (χ3n) is 8.44. The van der Waals surface area contributed by atoms with Gasteiger partial charge < -0.3 is 25.2 Å². The highest BCUT2D eigenvalue weighted by Gasteiger charge is 2.38. The number of aliphatic hydroxyl groups is 1. The number of halogens is 1. The Balaban J connectivity index is 1.08. The molecule has 0 unspecified atom stereocenters. The van der Waals surface area contributed by atoms with Crippen molar-refractivity contribution in [3.05, 3.63) is 90.2 Å². The number of aryl methyl sites for hydroxylation is 1. The number of amides is 2. The number of H-pyrrole nitrogens is 1. The number of rotatable bonds is 6. The van der Waals surface area contributed by atoms with Crippen LogP contribution >= 0.6 is 0 Å². The van der Waals surface area contributed by atoms with Crippen molar-refractivity contribution in [2.75, 3.05) is 36.4 Å². The van der Waals surface area contributed by atoms with Crippen LogP contribution in [0.3, 0.4) is 0 Å². The molecular formula is C32H34FN7O3. The van der Waals surface area contributed by atoms with Gasteiger partial charge in [-0.3, -0.25) is 19.6 Å². The van der Waals surface area contributed by atoms with Gasteiger partial charge in [-0.2, -0.15) is 0 Å². The van der Waals surface area contributed by atoms with Crippen molar-refractivity contribution < 1.29 is 19.1 Å². The number of benzene rings is 1. The molecule has 6 rings (SSSR count). The minimum absolute atomic E-state index is 0.0720. The van der Waals surface area contributed by atoms with E-state index in [1.807, 2.05) is 47.1 Å². The van der Waals surface area contributed by atoms with Crippen molar-refractivity contribution in [3.8, 4) is 11.3 Å². The van der Waals surface area contributed by atoms with Gasteiger partial charge in [0.15, 0.2) is 5.82 Å². The first-order valence-electron chi connectivity index (χ1n) is 14.6. The van der Waals surface area contributed by atoms with Crippen molar-refractivity contribution >= 4 is 23.2 Å². The second kappa shape index (κ2) is 11.9. The van der Waals surface area contributed by atoms with Gasteiger partial charge >= 0.3 is 0 Å². The summed E-state index contributed by atoms with van der Waals surface area (Å²) in [6, 6.07) is 13.8. The molecule has 2 aliphatic heterocycles. The van der Waals surface area contributed by atoms with Gasteiger partial charge in [-0.15, -0.1) is 0 Å². The Morgan fingerprint density at radius 3 is 2.51 bits per heavy atom. The van der Waals surface area contributed by atoms with E-state index < -0.39 is 17.3 Å². The summed E-state index contributed by atoms with van der Waals surface area (Å²) in [4.78, 5) is 45.9. The van der Waals surface area contributed by atoms with Crippen LogP contribution in [0, 0.1) is 18.7 Å². The zero-order valence-electron chi connectivity index (χ0n) is 24.0. The van der Waals surface area contributed by atoms with Crippen LogP contribution in [0.1, 0.15) is 47.7 Å². The molecule has 43 heavy (non-hydrogen) atoms. The van der Waals surface area contributed by atoms with Gasteiger partial charge in [0, 0.05) is 55.7 Å². The van der Waals surface area contributed by atoms with Gasteiger partial charge in [-0.1, -0.05) is 12.1 Å². The van der Waals surface area contributed by atoms with Crippen LogP contribution < -0.4 is 10.2 Å². The number of aromatic amines is 1. The molecule has 2 amide bonds. The van der Waals surface area contributed by atoms with Gasteiger partial charge in [0.25, 0.3) is 5.91 Å². The first kappa shape index (κ1) is 28.5. The fourth-order valence-electron chi connectivity index (χ4n) is 6.01. The number of nitrogens with one attached hydrogen (secondary N) is 2. The minimum Gasteiger partial charge on any atom is -0.383 e. The molecule has 5 heterocycles. The lowest BCUT2D eigenvalue weighted by molar-refractivity contribution is -0.140. The quantitative estimate of drug-likeness (QED) is 0.309. The first-order valence-corrected chi connectivity index (χ1v) is 14.6. The van der Waals surface area contributed by atoms with Gasteiger partial charge in [-0.25, -0.2) is 9.37 Å². The van der Waals surface area contributed by atoms with E-state index in [4.69, 9.17) is 0 Å². The number of anilines is 2. The molecule has 0 aliphatic carbocycles. The molecule has 1 aromatic carbocycles. The minimum atomic E-state index is -1.03. The van der Waals surface area contributed by atoms with Crippen LogP contribution in [-0.4, -0.2) is 67.9 Å². The summed E-state index contributed by atoms with van der Waals surface area (Å²) >= 11 is 0. The van der Waals surface area contributed by atoms with Crippen molar-refractivity contribution in [2.24, 2.45) is 5.92 Å². The van der Waals surface area contributed by atoms with E-state index in [1.165, 1.54) is 6.07 Å². The number of aromatic nitrogens is 4. The molecule has 0 saturated carbocycles. The lowest BCUT2D eigenvalue weighted by Gasteiger charge is -2.41. The molecule has 11 heteroatoms. The molecule has 0 spiro atoms. The zero-order chi connectivity index (χ0) is 30.0. The second-order valence-electron chi connectivity index (χ2n) is 11.3. The molecule has 0 radical (unpaired) electrons. The standard InChI is InChI=1S/C32H34FN7O3/c1-21-19-23(8-14-34-21)26-20-36-29(37-26)30(41)38-25-6-4-5-24(33)28(25)39-15-9-22(10-16-39)31(42)40-17-11-32(43,12-18-40)27-7-2-3-13-35-27/h2-8,13-14,19-20,22,43H,9-12,15-18H2,1H3,(H,36,37)(H,38,41).